The van der Waals surface area contributed by atoms with Crippen LogP contribution in [0.15, 0.2) is 28.4 Å². The van der Waals surface area contributed by atoms with E-state index in [-0.39, 0.29) is 17.3 Å². The summed E-state index contributed by atoms with van der Waals surface area (Å²) in [4.78, 5) is 23.8. The van der Waals surface area contributed by atoms with Crippen LogP contribution < -0.4 is 19.7 Å². The van der Waals surface area contributed by atoms with Gasteiger partial charge in [-0.05, 0) is 31.9 Å². The van der Waals surface area contributed by atoms with Gasteiger partial charge in [0.05, 0.1) is 0 Å². The molecule has 1 aromatic carbocycles. The second-order valence-corrected chi connectivity index (χ2v) is 7.08. The first-order chi connectivity index (χ1) is 11.5. The Kier molecular flexibility index (Phi) is 3.60. The Hall–Kier alpha value is -2.28. The molecule has 1 amide bonds. The van der Waals surface area contributed by atoms with Gasteiger partial charge in [0.15, 0.2) is 11.5 Å². The largest absolute Gasteiger partial charge is 0.448 e. The predicted octanol–water partition coefficient (Wildman–Crippen LogP) is 2.90. The van der Waals surface area contributed by atoms with Crippen LogP contribution >= 0.6 is 11.3 Å². The average Bonchev–Trinajstić information content (AvgIpc) is 3.23. The maximum Gasteiger partial charge on any atom is 0.307 e. The molecule has 126 valence electrons. The van der Waals surface area contributed by atoms with Crippen LogP contribution in [0, 0.1) is 6.92 Å². The molecule has 0 saturated heterocycles. The van der Waals surface area contributed by atoms with Gasteiger partial charge in [-0.15, -0.1) is 0 Å². The third kappa shape index (κ3) is 2.69. The van der Waals surface area contributed by atoms with E-state index in [1.165, 1.54) is 4.57 Å². The van der Waals surface area contributed by atoms with Gasteiger partial charge in [-0.1, -0.05) is 11.3 Å². The van der Waals surface area contributed by atoms with Gasteiger partial charge in [0.2, 0.25) is 5.91 Å². The molecule has 0 atom stereocenters. The number of hydrogen-bond acceptors (Lipinski definition) is 5. The van der Waals surface area contributed by atoms with Crippen LogP contribution in [-0.4, -0.2) is 16.3 Å². The van der Waals surface area contributed by atoms with Gasteiger partial charge in [0.25, 0.3) is 5.79 Å². The molecule has 24 heavy (non-hydrogen) atoms. The van der Waals surface area contributed by atoms with Gasteiger partial charge in [0.1, 0.15) is 6.54 Å². The number of rotatable bonds is 3. The molecule has 4 rings (SSSR count). The van der Waals surface area contributed by atoms with Crippen LogP contribution in [-0.2, 0) is 11.3 Å². The predicted molar refractivity (Wildman–Crippen MR) is 90.8 cm³/mol. The van der Waals surface area contributed by atoms with Crippen molar-refractivity contribution in [3.63, 3.8) is 0 Å². The molecule has 1 aliphatic heterocycles. The Balaban J connectivity index is 1.47. The fourth-order valence-corrected chi connectivity index (χ4v) is 3.96. The minimum Gasteiger partial charge on any atom is -0.448 e. The lowest BCUT2D eigenvalue weighted by Gasteiger charge is -2.21. The van der Waals surface area contributed by atoms with E-state index in [2.05, 4.69) is 5.32 Å². The first-order valence-corrected chi connectivity index (χ1v) is 8.90. The van der Waals surface area contributed by atoms with E-state index in [0.717, 1.165) is 48.5 Å². The van der Waals surface area contributed by atoms with Crippen molar-refractivity contribution >= 4 is 22.9 Å². The van der Waals surface area contributed by atoms with E-state index in [1.54, 1.807) is 17.5 Å². The summed E-state index contributed by atoms with van der Waals surface area (Å²) in [5.74, 6) is 0.637. The van der Waals surface area contributed by atoms with Crippen molar-refractivity contribution in [2.45, 2.75) is 44.9 Å². The summed E-state index contributed by atoms with van der Waals surface area (Å²) in [5, 5.41) is 4.56. The Morgan fingerprint density at radius 3 is 2.75 bits per heavy atom. The molecule has 1 spiro atoms. The Bertz CT molecular complexity index is 849. The van der Waals surface area contributed by atoms with Crippen LogP contribution in [0.4, 0.5) is 5.69 Å². The molecule has 1 fully saturated rings. The Morgan fingerprint density at radius 2 is 2.04 bits per heavy atom. The lowest BCUT2D eigenvalue weighted by Crippen LogP contribution is -2.34. The zero-order chi connectivity index (χ0) is 16.7. The van der Waals surface area contributed by atoms with Gasteiger partial charge in [-0.2, -0.15) is 0 Å². The number of amides is 1. The highest BCUT2D eigenvalue weighted by molar-refractivity contribution is 7.07. The number of aryl methyl sites for hydroxylation is 1. The maximum absolute atomic E-state index is 12.2. The van der Waals surface area contributed by atoms with E-state index < -0.39 is 5.79 Å². The molecule has 0 bridgehead atoms. The topological polar surface area (TPSA) is 69.6 Å². The smallest absolute Gasteiger partial charge is 0.307 e. The number of benzene rings is 1. The lowest BCUT2D eigenvalue weighted by molar-refractivity contribution is -0.116. The van der Waals surface area contributed by atoms with Gasteiger partial charge in [0, 0.05) is 35.7 Å². The molecule has 1 aromatic heterocycles. The van der Waals surface area contributed by atoms with E-state index in [1.807, 2.05) is 13.0 Å². The molecule has 2 aliphatic rings. The molecule has 0 unspecified atom stereocenters. The van der Waals surface area contributed by atoms with Gasteiger partial charge < -0.3 is 14.8 Å². The fraction of sp³-hybridized carbons (Fsp3) is 0.412. The van der Waals surface area contributed by atoms with Crippen LogP contribution in [0.1, 0.15) is 31.4 Å². The lowest BCUT2D eigenvalue weighted by atomic mass is 10.2. The number of thiazole rings is 1. The van der Waals surface area contributed by atoms with Crippen molar-refractivity contribution in [1.82, 2.24) is 4.57 Å². The second-order valence-electron chi connectivity index (χ2n) is 6.26. The zero-order valence-corrected chi connectivity index (χ0v) is 14.1. The van der Waals surface area contributed by atoms with Crippen molar-refractivity contribution in [2.24, 2.45) is 0 Å². The molecular formula is C17H18N2O4S. The van der Waals surface area contributed by atoms with Crippen molar-refractivity contribution in [3.8, 4) is 11.5 Å². The van der Waals surface area contributed by atoms with Gasteiger partial charge >= 0.3 is 4.87 Å². The van der Waals surface area contributed by atoms with Crippen molar-refractivity contribution in [3.05, 3.63) is 38.9 Å². The van der Waals surface area contributed by atoms with Crippen LogP contribution in [0.3, 0.4) is 0 Å². The summed E-state index contributed by atoms with van der Waals surface area (Å²) in [6, 6.07) is 5.39. The summed E-state index contributed by atoms with van der Waals surface area (Å²) in [7, 11) is 0. The number of anilines is 1. The molecule has 7 heteroatoms. The van der Waals surface area contributed by atoms with Gasteiger partial charge in [-0.3, -0.25) is 14.2 Å². The summed E-state index contributed by atoms with van der Waals surface area (Å²) >= 11 is 1.10. The molecule has 0 radical (unpaired) electrons. The SMILES string of the molecule is Cc1csc(=O)n1CC(=O)Nc1ccc2c(c1)OC1(CCCC1)O2. The van der Waals surface area contributed by atoms with Crippen LogP contribution in [0.25, 0.3) is 0 Å². The van der Waals surface area contributed by atoms with Crippen molar-refractivity contribution < 1.29 is 14.3 Å². The summed E-state index contributed by atoms with van der Waals surface area (Å²) < 4.78 is 13.4. The summed E-state index contributed by atoms with van der Waals surface area (Å²) in [6.45, 7) is 1.82. The quantitative estimate of drug-likeness (QED) is 0.928. The molecule has 2 aromatic rings. The number of nitrogens with one attached hydrogen (secondary N) is 1. The first kappa shape index (κ1) is 15.3. The van der Waals surface area contributed by atoms with Crippen molar-refractivity contribution in [2.75, 3.05) is 5.32 Å². The second kappa shape index (κ2) is 5.66. The van der Waals surface area contributed by atoms with Crippen LogP contribution in [0.2, 0.25) is 0 Å². The summed E-state index contributed by atoms with van der Waals surface area (Å²) in [5.41, 5.74) is 1.42. The van der Waals surface area contributed by atoms with Crippen molar-refractivity contribution in [1.29, 1.82) is 0 Å². The van der Waals surface area contributed by atoms with E-state index in [9.17, 15) is 9.59 Å². The van der Waals surface area contributed by atoms with E-state index in [4.69, 9.17) is 9.47 Å². The molecule has 6 nitrogen and oxygen atoms in total. The first-order valence-electron chi connectivity index (χ1n) is 8.02. The number of nitrogens with zero attached hydrogens (tertiary/aromatic N) is 1. The van der Waals surface area contributed by atoms with E-state index >= 15 is 0 Å². The van der Waals surface area contributed by atoms with E-state index in [0.29, 0.717) is 11.4 Å². The number of aromatic nitrogens is 1. The minimum absolute atomic E-state index is 0.00649. The number of hydrogen-bond donors (Lipinski definition) is 1. The summed E-state index contributed by atoms with van der Waals surface area (Å²) in [6.07, 6.45) is 3.99. The molecule has 1 saturated carbocycles. The molecule has 1 N–H and O–H groups in total. The third-order valence-electron chi connectivity index (χ3n) is 4.46. The highest BCUT2D eigenvalue weighted by atomic mass is 32.1. The standard InChI is InChI=1S/C17H18N2O4S/c1-11-10-24-16(21)19(11)9-15(20)18-12-4-5-13-14(8-12)23-17(22-13)6-2-3-7-17/h4-5,8,10H,2-3,6-7,9H2,1H3,(H,18,20). The minimum atomic E-state index is -0.508. The fourth-order valence-electron chi connectivity index (χ4n) is 3.23. The Labute approximate surface area is 143 Å². The monoisotopic (exact) mass is 346 g/mol. The Morgan fingerprint density at radius 1 is 1.29 bits per heavy atom. The molecule has 2 heterocycles. The maximum atomic E-state index is 12.2. The molecular weight excluding hydrogens is 328 g/mol. The number of fused-ring (bicyclic) bond motifs is 1. The third-order valence-corrected chi connectivity index (χ3v) is 5.34. The highest BCUT2D eigenvalue weighted by Crippen LogP contribution is 2.47. The highest BCUT2D eigenvalue weighted by Gasteiger charge is 2.44. The van der Waals surface area contributed by atoms with Gasteiger partial charge in [-0.25, -0.2) is 0 Å². The number of carbonyl (C=O) groups excluding carboxylic acids is 1. The molecule has 1 aliphatic carbocycles. The number of ether oxygens (including phenoxy) is 2. The normalized spacial score (nSPS) is 17.4. The zero-order valence-electron chi connectivity index (χ0n) is 13.3. The van der Waals surface area contributed by atoms with Crippen LogP contribution in [0.5, 0.6) is 11.5 Å². The average molecular weight is 346 g/mol. The number of carbonyl (C=O) groups is 1.